The highest BCUT2D eigenvalue weighted by Gasteiger charge is 2.23. The average molecular weight is 192 g/mol. The third-order valence-corrected chi connectivity index (χ3v) is 2.26. The van der Waals surface area contributed by atoms with Crippen molar-refractivity contribution in [2.75, 3.05) is 18.0 Å². The number of carbonyl (C=O) groups excluding carboxylic acids is 1. The fraction of sp³-hybridized carbons (Fsp3) is 0.300. The highest BCUT2D eigenvalue weighted by atomic mass is 16.5. The van der Waals surface area contributed by atoms with E-state index in [2.05, 4.69) is 0 Å². The number of amides is 1. The van der Waals surface area contributed by atoms with Crippen LogP contribution in [0, 0.1) is 0 Å². The molecule has 1 aliphatic rings. The molecule has 1 unspecified atom stereocenters. The summed E-state index contributed by atoms with van der Waals surface area (Å²) in [5.74, 6) is 0.723. The number of ether oxygens (including phenoxy) is 1. The molecule has 1 amide bonds. The van der Waals surface area contributed by atoms with Gasteiger partial charge < -0.3 is 15.4 Å². The number of para-hydroxylation sites is 2. The molecule has 1 heterocycles. The van der Waals surface area contributed by atoms with Crippen molar-refractivity contribution >= 4 is 12.1 Å². The second-order valence-corrected chi connectivity index (χ2v) is 3.20. The van der Waals surface area contributed by atoms with Crippen molar-refractivity contribution in [1.82, 2.24) is 0 Å². The summed E-state index contributed by atoms with van der Waals surface area (Å²) in [5, 5.41) is 0. The number of fused-ring (bicyclic) bond motifs is 1. The van der Waals surface area contributed by atoms with Crippen molar-refractivity contribution in [1.29, 1.82) is 0 Å². The second-order valence-electron chi connectivity index (χ2n) is 3.20. The number of nitrogens with two attached hydrogens (primary N) is 1. The number of anilines is 1. The van der Waals surface area contributed by atoms with Crippen LogP contribution < -0.4 is 15.4 Å². The van der Waals surface area contributed by atoms with E-state index in [0.29, 0.717) is 13.1 Å². The van der Waals surface area contributed by atoms with Gasteiger partial charge in [-0.05, 0) is 12.1 Å². The zero-order valence-corrected chi connectivity index (χ0v) is 7.72. The average Bonchev–Trinajstić information content (AvgIpc) is 2.27. The molecule has 2 rings (SSSR count). The summed E-state index contributed by atoms with van der Waals surface area (Å²) in [6, 6.07) is 7.45. The van der Waals surface area contributed by atoms with Gasteiger partial charge in [0.25, 0.3) is 0 Å². The van der Waals surface area contributed by atoms with Crippen LogP contribution in [0.1, 0.15) is 0 Å². The van der Waals surface area contributed by atoms with Crippen LogP contribution in [0.3, 0.4) is 0 Å². The van der Waals surface area contributed by atoms with Crippen LogP contribution in [0.5, 0.6) is 5.75 Å². The predicted molar refractivity (Wildman–Crippen MR) is 53.3 cm³/mol. The topological polar surface area (TPSA) is 55.6 Å². The third kappa shape index (κ3) is 1.44. The molecule has 1 aromatic carbocycles. The highest BCUT2D eigenvalue weighted by Crippen LogP contribution is 2.31. The van der Waals surface area contributed by atoms with Gasteiger partial charge in [-0.3, -0.25) is 4.79 Å². The minimum Gasteiger partial charge on any atom is -0.485 e. The Balaban J connectivity index is 2.35. The van der Waals surface area contributed by atoms with Crippen molar-refractivity contribution in [2.24, 2.45) is 5.73 Å². The first kappa shape index (κ1) is 9.02. The molecule has 4 nitrogen and oxygen atoms in total. The van der Waals surface area contributed by atoms with Crippen LogP contribution in [-0.2, 0) is 4.79 Å². The van der Waals surface area contributed by atoms with E-state index in [4.69, 9.17) is 10.5 Å². The molecular weight excluding hydrogens is 180 g/mol. The maximum Gasteiger partial charge on any atom is 0.214 e. The fourth-order valence-electron chi connectivity index (χ4n) is 1.55. The number of nitrogens with zero attached hydrogens (tertiary/aromatic N) is 1. The van der Waals surface area contributed by atoms with Gasteiger partial charge in [0.2, 0.25) is 6.41 Å². The molecule has 0 aliphatic carbocycles. The van der Waals surface area contributed by atoms with Crippen molar-refractivity contribution in [2.45, 2.75) is 6.10 Å². The number of rotatable bonds is 2. The van der Waals surface area contributed by atoms with Gasteiger partial charge in [0, 0.05) is 6.54 Å². The Labute approximate surface area is 82.3 Å². The van der Waals surface area contributed by atoms with Gasteiger partial charge in [0.1, 0.15) is 11.9 Å². The van der Waals surface area contributed by atoms with E-state index < -0.39 is 0 Å². The summed E-state index contributed by atoms with van der Waals surface area (Å²) in [6.45, 7) is 0.940. The largest absolute Gasteiger partial charge is 0.485 e. The van der Waals surface area contributed by atoms with E-state index in [0.717, 1.165) is 17.8 Å². The molecule has 1 aliphatic heterocycles. The zero-order valence-electron chi connectivity index (χ0n) is 7.72. The van der Waals surface area contributed by atoms with Crippen LogP contribution in [0.4, 0.5) is 5.69 Å². The van der Waals surface area contributed by atoms with Crippen molar-refractivity contribution in [3.63, 3.8) is 0 Å². The number of carbonyl (C=O) groups is 1. The normalized spacial score (nSPS) is 19.8. The fourth-order valence-corrected chi connectivity index (χ4v) is 1.55. The SMILES string of the molecule is NCC1CN(C=O)c2ccccc2O1. The number of hydrogen-bond donors (Lipinski definition) is 1. The summed E-state index contributed by atoms with van der Waals surface area (Å²) in [4.78, 5) is 12.4. The van der Waals surface area contributed by atoms with E-state index in [1.54, 1.807) is 4.90 Å². The predicted octanol–water partition coefficient (Wildman–Crippen LogP) is 0.369. The lowest BCUT2D eigenvalue weighted by atomic mass is 10.2. The van der Waals surface area contributed by atoms with Crippen molar-refractivity contribution in [3.05, 3.63) is 24.3 Å². The quantitative estimate of drug-likeness (QED) is 0.689. The summed E-state index contributed by atoms with van der Waals surface area (Å²) < 4.78 is 5.59. The molecule has 0 spiro atoms. The summed E-state index contributed by atoms with van der Waals surface area (Å²) in [5.41, 5.74) is 6.32. The lowest BCUT2D eigenvalue weighted by Gasteiger charge is -2.31. The van der Waals surface area contributed by atoms with Gasteiger partial charge >= 0.3 is 0 Å². The molecule has 0 saturated heterocycles. The van der Waals surface area contributed by atoms with E-state index in [1.807, 2.05) is 24.3 Å². The first-order valence-corrected chi connectivity index (χ1v) is 4.53. The Bertz CT molecular complexity index is 341. The Hall–Kier alpha value is -1.55. The molecule has 1 atom stereocenters. The standard InChI is InChI=1S/C10H12N2O2/c11-5-8-6-12(7-13)9-3-1-2-4-10(9)14-8/h1-4,7-8H,5-6,11H2. The van der Waals surface area contributed by atoms with Gasteiger partial charge in [-0.1, -0.05) is 12.1 Å². The molecule has 4 heteroatoms. The Morgan fingerprint density at radius 3 is 3.07 bits per heavy atom. The van der Waals surface area contributed by atoms with Gasteiger partial charge in [0.05, 0.1) is 12.2 Å². The molecule has 0 bridgehead atoms. The lowest BCUT2D eigenvalue weighted by Crippen LogP contribution is -2.43. The molecule has 1 aromatic rings. The van der Waals surface area contributed by atoms with Gasteiger partial charge in [-0.15, -0.1) is 0 Å². The summed E-state index contributed by atoms with van der Waals surface area (Å²) in [6.07, 6.45) is 0.708. The van der Waals surface area contributed by atoms with Crippen LogP contribution >= 0.6 is 0 Å². The first-order chi connectivity index (χ1) is 6.85. The van der Waals surface area contributed by atoms with Gasteiger partial charge in [0.15, 0.2) is 0 Å². The van der Waals surface area contributed by atoms with E-state index in [1.165, 1.54) is 0 Å². The Morgan fingerprint density at radius 2 is 2.36 bits per heavy atom. The third-order valence-electron chi connectivity index (χ3n) is 2.26. The second kappa shape index (κ2) is 3.67. The molecular formula is C10H12N2O2. The van der Waals surface area contributed by atoms with E-state index >= 15 is 0 Å². The monoisotopic (exact) mass is 192 g/mol. The minimum absolute atomic E-state index is 0.102. The smallest absolute Gasteiger partial charge is 0.214 e. The lowest BCUT2D eigenvalue weighted by molar-refractivity contribution is -0.107. The van der Waals surface area contributed by atoms with E-state index in [-0.39, 0.29) is 6.10 Å². The molecule has 0 fully saturated rings. The number of hydrogen-bond acceptors (Lipinski definition) is 3. The summed E-state index contributed by atoms with van der Waals surface area (Å²) in [7, 11) is 0. The maximum absolute atomic E-state index is 10.8. The van der Waals surface area contributed by atoms with Gasteiger partial charge in [-0.25, -0.2) is 0 Å². The number of benzene rings is 1. The van der Waals surface area contributed by atoms with Crippen LogP contribution in [0.15, 0.2) is 24.3 Å². The summed E-state index contributed by atoms with van der Waals surface area (Å²) >= 11 is 0. The zero-order chi connectivity index (χ0) is 9.97. The molecule has 74 valence electrons. The van der Waals surface area contributed by atoms with Crippen LogP contribution in [0.25, 0.3) is 0 Å². The van der Waals surface area contributed by atoms with E-state index in [9.17, 15) is 4.79 Å². The van der Waals surface area contributed by atoms with Crippen molar-refractivity contribution < 1.29 is 9.53 Å². The molecule has 2 N–H and O–H groups in total. The van der Waals surface area contributed by atoms with Gasteiger partial charge in [-0.2, -0.15) is 0 Å². The first-order valence-electron chi connectivity index (χ1n) is 4.53. The molecule has 0 aromatic heterocycles. The molecule has 14 heavy (non-hydrogen) atoms. The maximum atomic E-state index is 10.8. The Kier molecular flexibility index (Phi) is 2.37. The molecule has 0 radical (unpaired) electrons. The van der Waals surface area contributed by atoms with Crippen LogP contribution in [-0.4, -0.2) is 25.6 Å². The molecule has 0 saturated carbocycles. The van der Waals surface area contributed by atoms with Crippen molar-refractivity contribution in [3.8, 4) is 5.75 Å². The Morgan fingerprint density at radius 1 is 1.57 bits per heavy atom. The van der Waals surface area contributed by atoms with Crippen LogP contribution in [0.2, 0.25) is 0 Å². The highest BCUT2D eigenvalue weighted by molar-refractivity contribution is 5.79. The minimum atomic E-state index is -0.102.